The van der Waals surface area contributed by atoms with Gasteiger partial charge in [-0.05, 0) is 78.2 Å². The molecule has 0 atom stereocenters. The Morgan fingerprint density at radius 1 is 1.06 bits per heavy atom. The second-order valence-corrected chi connectivity index (χ2v) is 10.4. The fourth-order valence-corrected chi connectivity index (χ4v) is 5.35. The molecule has 192 valence electrons. The van der Waals surface area contributed by atoms with Crippen LogP contribution >= 0.6 is 11.6 Å². The molecule has 0 aliphatic heterocycles. The number of hydrogen-bond donors (Lipinski definition) is 2. The Balaban J connectivity index is 1.81. The molecular formula is C27H40ClN5O2. The lowest BCUT2D eigenvalue weighted by molar-refractivity contribution is 0.0950. The summed E-state index contributed by atoms with van der Waals surface area (Å²) in [6, 6.07) is 6.32. The van der Waals surface area contributed by atoms with E-state index in [9.17, 15) is 9.59 Å². The molecule has 0 unspecified atom stereocenters. The van der Waals surface area contributed by atoms with Crippen LogP contribution < -0.4 is 20.5 Å². The molecule has 3 rings (SSSR count). The molecule has 0 radical (unpaired) electrons. The van der Waals surface area contributed by atoms with E-state index in [1.165, 1.54) is 12.8 Å². The summed E-state index contributed by atoms with van der Waals surface area (Å²) in [7, 11) is 8.05. The third-order valence-corrected chi connectivity index (χ3v) is 7.54. The van der Waals surface area contributed by atoms with Gasteiger partial charge in [-0.3, -0.25) is 9.59 Å². The summed E-state index contributed by atoms with van der Waals surface area (Å²) in [6.07, 6.45) is 4.58. The third-order valence-electron chi connectivity index (χ3n) is 7.32. The molecule has 35 heavy (non-hydrogen) atoms. The number of rotatable bonds is 8. The molecule has 0 saturated heterocycles. The second-order valence-electron chi connectivity index (χ2n) is 10.0. The van der Waals surface area contributed by atoms with Crippen molar-refractivity contribution in [3.8, 4) is 0 Å². The van der Waals surface area contributed by atoms with Gasteiger partial charge < -0.3 is 25.0 Å². The summed E-state index contributed by atoms with van der Waals surface area (Å²) in [4.78, 5) is 35.7. The number of amides is 1. The van der Waals surface area contributed by atoms with Gasteiger partial charge in [-0.15, -0.1) is 0 Å². The predicted octanol–water partition coefficient (Wildman–Crippen LogP) is 4.34. The zero-order valence-electron chi connectivity index (χ0n) is 22.2. The molecule has 1 amide bonds. The van der Waals surface area contributed by atoms with E-state index >= 15 is 0 Å². The van der Waals surface area contributed by atoms with Crippen molar-refractivity contribution in [1.82, 2.24) is 15.2 Å². The van der Waals surface area contributed by atoms with Gasteiger partial charge in [0.25, 0.3) is 5.91 Å². The normalized spacial score (nSPS) is 18.0. The van der Waals surface area contributed by atoms with Crippen LogP contribution in [-0.2, 0) is 6.54 Å². The third kappa shape index (κ3) is 6.19. The number of benzene rings is 1. The number of H-pyrrole nitrogens is 1. The largest absolute Gasteiger partial charge is 0.369 e. The van der Waals surface area contributed by atoms with Crippen LogP contribution in [0.15, 0.2) is 23.0 Å². The van der Waals surface area contributed by atoms with Crippen LogP contribution in [-0.4, -0.2) is 62.6 Å². The van der Waals surface area contributed by atoms with E-state index in [0.717, 1.165) is 42.1 Å². The Bertz CT molecular complexity index is 1100. The average molecular weight is 502 g/mol. The highest BCUT2D eigenvalue weighted by Crippen LogP contribution is 2.34. The molecule has 2 N–H and O–H groups in total. The van der Waals surface area contributed by atoms with Gasteiger partial charge in [0, 0.05) is 72.9 Å². The van der Waals surface area contributed by atoms with Crippen LogP contribution in [0.1, 0.15) is 59.8 Å². The van der Waals surface area contributed by atoms with Crippen LogP contribution in [0.2, 0.25) is 5.02 Å². The quantitative estimate of drug-likeness (QED) is 0.563. The van der Waals surface area contributed by atoms with Crippen molar-refractivity contribution in [2.75, 3.05) is 44.5 Å². The second kappa shape index (κ2) is 11.5. The number of carbonyl (C=O) groups is 1. The number of anilines is 2. The minimum atomic E-state index is -0.228. The van der Waals surface area contributed by atoms with E-state index in [4.69, 9.17) is 11.6 Å². The molecule has 0 bridgehead atoms. The van der Waals surface area contributed by atoms with Gasteiger partial charge >= 0.3 is 0 Å². The smallest absolute Gasteiger partial charge is 0.251 e. The molecule has 2 aromatic rings. The Morgan fingerprint density at radius 2 is 1.69 bits per heavy atom. The molecule has 1 fully saturated rings. The number of halogens is 1. The minimum absolute atomic E-state index is 0.0979. The van der Waals surface area contributed by atoms with Crippen molar-refractivity contribution < 1.29 is 4.79 Å². The maximum absolute atomic E-state index is 13.2. The van der Waals surface area contributed by atoms with Gasteiger partial charge in [0.1, 0.15) is 5.82 Å². The Morgan fingerprint density at radius 3 is 2.23 bits per heavy atom. The molecule has 1 heterocycles. The standard InChI is InChI=1S/C27H40ClN5O2/c1-8-33(21-11-9-20(10-12-21)31(4)5)24-14-19(28)13-22(17(24)2)27(35)29-16-23-18(3)30-26(32(6)7)15-25(23)34/h13-15,20-21H,8-12,16H2,1-7H3,(H,29,35)(H,30,34)/t20-,21-. The molecule has 8 heteroatoms. The van der Waals surface area contributed by atoms with E-state index in [0.29, 0.717) is 28.2 Å². The van der Waals surface area contributed by atoms with Crippen molar-refractivity contribution in [2.45, 2.75) is 65.1 Å². The van der Waals surface area contributed by atoms with Gasteiger partial charge in [0.2, 0.25) is 0 Å². The highest BCUT2D eigenvalue weighted by molar-refractivity contribution is 6.31. The van der Waals surface area contributed by atoms with Crippen molar-refractivity contribution >= 4 is 29.0 Å². The average Bonchev–Trinajstić information content (AvgIpc) is 2.80. The van der Waals surface area contributed by atoms with Crippen LogP contribution in [0.4, 0.5) is 11.5 Å². The highest BCUT2D eigenvalue weighted by atomic mass is 35.5. The number of hydrogen-bond acceptors (Lipinski definition) is 5. The zero-order chi connectivity index (χ0) is 25.9. The molecule has 1 aliphatic rings. The van der Waals surface area contributed by atoms with Gasteiger partial charge in [-0.1, -0.05) is 11.6 Å². The number of aromatic nitrogens is 1. The molecule has 1 aromatic carbocycles. The van der Waals surface area contributed by atoms with Crippen LogP contribution in [0, 0.1) is 13.8 Å². The molecule has 7 nitrogen and oxygen atoms in total. The van der Waals surface area contributed by atoms with Gasteiger partial charge in [-0.2, -0.15) is 0 Å². The van der Waals surface area contributed by atoms with Crippen LogP contribution in [0.5, 0.6) is 0 Å². The maximum Gasteiger partial charge on any atom is 0.251 e. The number of pyridine rings is 1. The van der Waals surface area contributed by atoms with Gasteiger partial charge in [0.05, 0.1) is 0 Å². The Hall–Kier alpha value is -2.51. The topological polar surface area (TPSA) is 71.7 Å². The summed E-state index contributed by atoms with van der Waals surface area (Å²) < 4.78 is 0. The Labute approximate surface area is 214 Å². The summed E-state index contributed by atoms with van der Waals surface area (Å²) in [6.45, 7) is 7.00. The summed E-state index contributed by atoms with van der Waals surface area (Å²) in [5, 5.41) is 3.48. The number of nitrogens with one attached hydrogen (secondary N) is 2. The number of aromatic amines is 1. The van der Waals surface area contributed by atoms with Crippen molar-refractivity contribution in [3.63, 3.8) is 0 Å². The highest BCUT2D eigenvalue weighted by Gasteiger charge is 2.28. The summed E-state index contributed by atoms with van der Waals surface area (Å²) in [5.74, 6) is 0.506. The van der Waals surface area contributed by atoms with E-state index in [-0.39, 0.29) is 17.9 Å². The monoisotopic (exact) mass is 501 g/mol. The SMILES string of the molecule is CCN(c1cc(Cl)cc(C(=O)NCc2c(C)[nH]c(N(C)C)cc2=O)c1C)[C@H]1CC[C@H](N(C)C)CC1. The van der Waals surface area contributed by atoms with E-state index < -0.39 is 0 Å². The van der Waals surface area contributed by atoms with Gasteiger partial charge in [-0.25, -0.2) is 0 Å². The molecule has 1 aromatic heterocycles. The fraction of sp³-hybridized carbons (Fsp3) is 0.556. The van der Waals surface area contributed by atoms with Crippen molar-refractivity contribution in [3.05, 3.63) is 55.8 Å². The first-order valence-electron chi connectivity index (χ1n) is 12.4. The molecule has 1 saturated carbocycles. The van der Waals surface area contributed by atoms with Crippen molar-refractivity contribution in [2.24, 2.45) is 0 Å². The van der Waals surface area contributed by atoms with Crippen molar-refractivity contribution in [1.29, 1.82) is 0 Å². The first-order valence-corrected chi connectivity index (χ1v) is 12.8. The Kier molecular flexibility index (Phi) is 8.89. The molecule has 0 spiro atoms. The van der Waals surface area contributed by atoms with E-state index in [1.807, 2.05) is 38.9 Å². The zero-order valence-corrected chi connectivity index (χ0v) is 22.9. The van der Waals surface area contributed by atoms with Gasteiger partial charge in [0.15, 0.2) is 5.43 Å². The lowest BCUT2D eigenvalue weighted by Crippen LogP contribution is -2.42. The summed E-state index contributed by atoms with van der Waals surface area (Å²) >= 11 is 6.51. The fourth-order valence-electron chi connectivity index (χ4n) is 5.13. The summed E-state index contributed by atoms with van der Waals surface area (Å²) in [5.41, 5.74) is 3.68. The first kappa shape index (κ1) is 27.1. The van der Waals surface area contributed by atoms with E-state index in [1.54, 1.807) is 12.1 Å². The number of nitrogens with zero attached hydrogens (tertiary/aromatic N) is 3. The predicted molar refractivity (Wildman–Crippen MR) is 146 cm³/mol. The minimum Gasteiger partial charge on any atom is -0.369 e. The number of carbonyl (C=O) groups excluding carboxylic acids is 1. The first-order chi connectivity index (χ1) is 16.5. The van der Waals surface area contributed by atoms with E-state index in [2.05, 4.69) is 41.1 Å². The lowest BCUT2D eigenvalue weighted by atomic mass is 9.89. The maximum atomic E-state index is 13.2. The lowest BCUT2D eigenvalue weighted by Gasteiger charge is -2.40. The molecular weight excluding hydrogens is 462 g/mol. The number of aryl methyl sites for hydroxylation is 1. The van der Waals surface area contributed by atoms with Crippen LogP contribution in [0.3, 0.4) is 0 Å². The molecule has 1 aliphatic carbocycles. The van der Waals surface area contributed by atoms with Crippen LogP contribution in [0.25, 0.3) is 0 Å².